The third kappa shape index (κ3) is 1.88. The molecule has 0 bridgehead atoms. The molecule has 92 valence electrons. The van der Waals surface area contributed by atoms with E-state index in [2.05, 4.69) is 29.6 Å². The summed E-state index contributed by atoms with van der Waals surface area (Å²) in [6.45, 7) is 0.885. The molecule has 3 rings (SSSR count). The number of hydrogen-bond acceptors (Lipinski definition) is 2. The first-order valence-corrected chi connectivity index (χ1v) is 6.32. The summed E-state index contributed by atoms with van der Waals surface area (Å²) in [5, 5.41) is 4.23. The summed E-state index contributed by atoms with van der Waals surface area (Å²) in [7, 11) is 1.69. The van der Waals surface area contributed by atoms with Gasteiger partial charge in [-0.3, -0.25) is 0 Å². The van der Waals surface area contributed by atoms with Crippen molar-refractivity contribution in [2.24, 2.45) is 0 Å². The first-order chi connectivity index (χ1) is 8.79. The number of rotatable bonds is 2. The van der Waals surface area contributed by atoms with Gasteiger partial charge in [0.25, 0.3) is 0 Å². The Morgan fingerprint density at radius 2 is 2.00 bits per heavy atom. The predicted molar refractivity (Wildman–Crippen MR) is 73.1 cm³/mol. The lowest BCUT2D eigenvalue weighted by Gasteiger charge is -2.16. The van der Waals surface area contributed by atoms with Gasteiger partial charge in [0.1, 0.15) is 5.75 Å². The van der Waals surface area contributed by atoms with Crippen LogP contribution in [0.15, 0.2) is 42.5 Å². The number of benzene rings is 2. The summed E-state index contributed by atoms with van der Waals surface area (Å²) < 4.78 is 5.43. The summed E-state index contributed by atoms with van der Waals surface area (Å²) in [5.74, 6) is 0.869. The fourth-order valence-corrected chi connectivity index (χ4v) is 2.69. The van der Waals surface area contributed by atoms with Gasteiger partial charge in [0.15, 0.2) is 0 Å². The molecule has 0 spiro atoms. The van der Waals surface area contributed by atoms with Crippen LogP contribution in [0.4, 0.5) is 0 Å². The van der Waals surface area contributed by atoms with Crippen LogP contribution in [0.2, 0.25) is 5.02 Å². The zero-order valence-electron chi connectivity index (χ0n) is 10.1. The molecule has 1 heterocycles. The van der Waals surface area contributed by atoms with Crippen LogP contribution in [0.25, 0.3) is 0 Å². The third-order valence-electron chi connectivity index (χ3n) is 3.37. The largest absolute Gasteiger partial charge is 0.496 e. The van der Waals surface area contributed by atoms with Gasteiger partial charge in [-0.1, -0.05) is 35.9 Å². The molecule has 0 aliphatic carbocycles. The van der Waals surface area contributed by atoms with Crippen molar-refractivity contribution >= 4 is 11.6 Å². The van der Waals surface area contributed by atoms with Crippen molar-refractivity contribution in [3.63, 3.8) is 0 Å². The molecule has 0 saturated carbocycles. The van der Waals surface area contributed by atoms with Crippen LogP contribution >= 0.6 is 11.6 Å². The van der Waals surface area contributed by atoms with Gasteiger partial charge < -0.3 is 10.1 Å². The second-order valence-electron chi connectivity index (χ2n) is 4.40. The molecule has 3 heteroatoms. The highest BCUT2D eigenvalue weighted by molar-refractivity contribution is 6.30. The number of ether oxygens (including phenoxy) is 1. The van der Waals surface area contributed by atoms with Gasteiger partial charge in [-0.2, -0.15) is 0 Å². The second kappa shape index (κ2) is 4.63. The smallest absolute Gasteiger partial charge is 0.124 e. The minimum absolute atomic E-state index is 0.162. The average molecular weight is 260 g/mol. The van der Waals surface area contributed by atoms with Crippen LogP contribution in [0.3, 0.4) is 0 Å². The van der Waals surface area contributed by atoms with Crippen molar-refractivity contribution in [1.82, 2.24) is 5.32 Å². The topological polar surface area (TPSA) is 21.3 Å². The van der Waals surface area contributed by atoms with Crippen LogP contribution in [0, 0.1) is 0 Å². The zero-order chi connectivity index (χ0) is 12.5. The lowest BCUT2D eigenvalue weighted by Crippen LogP contribution is -2.14. The van der Waals surface area contributed by atoms with Crippen LogP contribution < -0.4 is 10.1 Å². The molecule has 1 N–H and O–H groups in total. The Balaban J connectivity index is 2.09. The molecule has 0 aromatic heterocycles. The van der Waals surface area contributed by atoms with Gasteiger partial charge in [0.2, 0.25) is 0 Å². The molecule has 2 aromatic carbocycles. The summed E-state index contributed by atoms with van der Waals surface area (Å²) >= 11 is 6.10. The molecule has 1 aliphatic heterocycles. The van der Waals surface area contributed by atoms with Crippen molar-refractivity contribution < 1.29 is 4.74 Å². The summed E-state index contributed by atoms with van der Waals surface area (Å²) in [4.78, 5) is 0. The first kappa shape index (κ1) is 11.6. The summed E-state index contributed by atoms with van der Waals surface area (Å²) in [6.07, 6.45) is 0. The first-order valence-electron chi connectivity index (χ1n) is 5.94. The van der Waals surface area contributed by atoms with Crippen LogP contribution in [-0.2, 0) is 6.54 Å². The lowest BCUT2D eigenvalue weighted by atomic mass is 9.98. The number of halogens is 1. The van der Waals surface area contributed by atoms with Crippen molar-refractivity contribution in [3.05, 3.63) is 64.2 Å². The quantitative estimate of drug-likeness (QED) is 0.891. The van der Waals surface area contributed by atoms with E-state index in [1.54, 1.807) is 7.11 Å². The van der Waals surface area contributed by atoms with E-state index in [1.165, 1.54) is 11.1 Å². The maximum absolute atomic E-state index is 6.10. The van der Waals surface area contributed by atoms with Gasteiger partial charge in [-0.15, -0.1) is 0 Å². The maximum Gasteiger partial charge on any atom is 0.124 e. The minimum Gasteiger partial charge on any atom is -0.496 e. The Morgan fingerprint density at radius 1 is 1.17 bits per heavy atom. The van der Waals surface area contributed by atoms with Crippen molar-refractivity contribution in [3.8, 4) is 5.75 Å². The minimum atomic E-state index is 0.162. The Hall–Kier alpha value is -1.51. The molecule has 2 nitrogen and oxygen atoms in total. The highest BCUT2D eigenvalue weighted by Gasteiger charge is 2.25. The van der Waals surface area contributed by atoms with Crippen LogP contribution in [0.1, 0.15) is 22.7 Å². The molecule has 0 radical (unpaired) electrons. The van der Waals surface area contributed by atoms with Gasteiger partial charge in [-0.25, -0.2) is 0 Å². The van der Waals surface area contributed by atoms with E-state index >= 15 is 0 Å². The lowest BCUT2D eigenvalue weighted by molar-refractivity contribution is 0.405. The van der Waals surface area contributed by atoms with E-state index in [9.17, 15) is 0 Å². The van der Waals surface area contributed by atoms with E-state index in [-0.39, 0.29) is 6.04 Å². The highest BCUT2D eigenvalue weighted by Crippen LogP contribution is 2.36. The number of nitrogens with one attached hydrogen (secondary N) is 1. The molecule has 0 amide bonds. The van der Waals surface area contributed by atoms with Crippen LogP contribution in [0.5, 0.6) is 5.75 Å². The van der Waals surface area contributed by atoms with Crippen molar-refractivity contribution in [1.29, 1.82) is 0 Å². The van der Waals surface area contributed by atoms with E-state index < -0.39 is 0 Å². The Morgan fingerprint density at radius 3 is 2.83 bits per heavy atom. The Bertz CT molecular complexity index is 582. The van der Waals surface area contributed by atoms with Crippen molar-refractivity contribution in [2.75, 3.05) is 7.11 Å². The molecule has 1 unspecified atom stereocenters. The number of methoxy groups -OCH3 is 1. The average Bonchev–Trinajstić information content (AvgIpc) is 2.82. The van der Waals surface area contributed by atoms with E-state index in [0.29, 0.717) is 0 Å². The molecular formula is C15H14ClNO. The zero-order valence-corrected chi connectivity index (χ0v) is 10.9. The molecule has 18 heavy (non-hydrogen) atoms. The molecule has 0 saturated heterocycles. The fraction of sp³-hybridized carbons (Fsp3) is 0.200. The number of hydrogen-bond donors (Lipinski definition) is 1. The summed E-state index contributed by atoms with van der Waals surface area (Å²) in [6, 6.07) is 14.3. The molecule has 1 atom stereocenters. The third-order valence-corrected chi connectivity index (χ3v) is 3.60. The monoisotopic (exact) mass is 259 g/mol. The molecule has 2 aromatic rings. The predicted octanol–water partition coefficient (Wildman–Crippen LogP) is 3.54. The molecule has 0 fully saturated rings. The van der Waals surface area contributed by atoms with Gasteiger partial charge in [0, 0.05) is 17.1 Å². The van der Waals surface area contributed by atoms with Gasteiger partial charge in [-0.05, 0) is 29.3 Å². The van der Waals surface area contributed by atoms with E-state index in [4.69, 9.17) is 16.3 Å². The second-order valence-corrected chi connectivity index (χ2v) is 4.84. The van der Waals surface area contributed by atoms with Crippen molar-refractivity contribution in [2.45, 2.75) is 12.6 Å². The Kier molecular flexibility index (Phi) is 2.98. The Labute approximate surface area is 112 Å². The fourth-order valence-electron chi connectivity index (χ4n) is 2.51. The van der Waals surface area contributed by atoms with E-state index in [1.807, 2.05) is 18.2 Å². The SMILES string of the molecule is COc1ccc(Cl)cc1C1NCc2ccccc21. The van der Waals surface area contributed by atoms with E-state index in [0.717, 1.165) is 22.9 Å². The molecule has 1 aliphatic rings. The van der Waals surface area contributed by atoms with Gasteiger partial charge in [0.05, 0.1) is 13.2 Å². The molecular weight excluding hydrogens is 246 g/mol. The number of fused-ring (bicyclic) bond motifs is 1. The highest BCUT2D eigenvalue weighted by atomic mass is 35.5. The normalized spacial score (nSPS) is 17.6. The van der Waals surface area contributed by atoms with Gasteiger partial charge >= 0.3 is 0 Å². The summed E-state index contributed by atoms with van der Waals surface area (Å²) in [5.41, 5.74) is 3.73. The standard InChI is InChI=1S/C15H14ClNO/c1-18-14-7-6-11(16)8-13(14)15-12-5-3-2-4-10(12)9-17-15/h2-8,15,17H,9H2,1H3. The maximum atomic E-state index is 6.10. The van der Waals surface area contributed by atoms with Crippen LogP contribution in [-0.4, -0.2) is 7.11 Å².